The minimum Gasteiger partial charge on any atom is -0.462 e. The highest BCUT2D eigenvalue weighted by Gasteiger charge is 2.19. The molecule has 6 nitrogen and oxygen atoms in total. The Morgan fingerprint density at radius 2 is 0.574 bits per heavy atom. The smallest absolute Gasteiger partial charge is 0.306 e. The van der Waals surface area contributed by atoms with E-state index in [1.165, 1.54) is 154 Å². The van der Waals surface area contributed by atoms with Gasteiger partial charge < -0.3 is 14.2 Å². The van der Waals surface area contributed by atoms with E-state index in [1.54, 1.807) is 0 Å². The normalized spacial score (nSPS) is 12.5. The van der Waals surface area contributed by atoms with Crippen molar-refractivity contribution in [3.63, 3.8) is 0 Å². The van der Waals surface area contributed by atoms with Crippen LogP contribution in [0.15, 0.2) is 60.8 Å². The van der Waals surface area contributed by atoms with Crippen LogP contribution < -0.4 is 0 Å². The molecule has 0 aliphatic rings. The van der Waals surface area contributed by atoms with E-state index in [-0.39, 0.29) is 31.1 Å². The molecule has 6 heteroatoms. The van der Waals surface area contributed by atoms with Crippen molar-refractivity contribution >= 4 is 17.9 Å². The number of carbonyl (C=O) groups excluding carboxylic acids is 3. The first-order valence-corrected chi connectivity index (χ1v) is 29.3. The van der Waals surface area contributed by atoms with Crippen molar-refractivity contribution in [3.8, 4) is 0 Å². The monoisotopic (exact) mass is 951 g/mol. The molecule has 0 N–H and O–H groups in total. The van der Waals surface area contributed by atoms with Gasteiger partial charge in [-0.25, -0.2) is 0 Å². The van der Waals surface area contributed by atoms with Crippen molar-refractivity contribution in [1.29, 1.82) is 0 Å². The summed E-state index contributed by atoms with van der Waals surface area (Å²) in [5.74, 6) is -0.889. The highest BCUT2D eigenvalue weighted by molar-refractivity contribution is 5.71. The highest BCUT2D eigenvalue weighted by Crippen LogP contribution is 2.16. The first-order valence-electron chi connectivity index (χ1n) is 29.3. The zero-order valence-corrected chi connectivity index (χ0v) is 45.1. The van der Waals surface area contributed by atoms with E-state index in [0.717, 1.165) is 103 Å². The summed E-state index contributed by atoms with van der Waals surface area (Å²) < 4.78 is 16.9. The summed E-state index contributed by atoms with van der Waals surface area (Å²) >= 11 is 0. The fraction of sp³-hybridized carbons (Fsp3) is 0.790. The first-order chi connectivity index (χ1) is 33.5. The average Bonchev–Trinajstić information content (AvgIpc) is 3.34. The van der Waals surface area contributed by atoms with Crippen LogP contribution in [0.25, 0.3) is 0 Å². The molecule has 0 spiro atoms. The topological polar surface area (TPSA) is 78.9 Å². The summed E-state index contributed by atoms with van der Waals surface area (Å²) in [5.41, 5.74) is 0. The Kier molecular flexibility index (Phi) is 54.3. The molecule has 0 saturated carbocycles. The fourth-order valence-electron chi connectivity index (χ4n) is 8.37. The van der Waals surface area contributed by atoms with Crippen molar-refractivity contribution in [3.05, 3.63) is 60.8 Å². The lowest BCUT2D eigenvalue weighted by Crippen LogP contribution is -2.30. The Labute approximate surface area is 421 Å². The molecular formula is C62H110O6. The molecule has 1 atom stereocenters. The van der Waals surface area contributed by atoms with E-state index in [2.05, 4.69) is 81.5 Å². The summed E-state index contributed by atoms with van der Waals surface area (Å²) in [6.07, 6.45) is 70.7. The molecule has 68 heavy (non-hydrogen) atoms. The number of carbonyl (C=O) groups is 3. The van der Waals surface area contributed by atoms with Crippen LogP contribution in [0, 0.1) is 0 Å². The summed E-state index contributed by atoms with van der Waals surface area (Å²) in [4.78, 5) is 38.2. The van der Waals surface area contributed by atoms with Gasteiger partial charge in [-0.05, 0) is 83.5 Å². The van der Waals surface area contributed by atoms with Gasteiger partial charge in [0.2, 0.25) is 0 Å². The minimum absolute atomic E-state index is 0.0800. The van der Waals surface area contributed by atoms with Gasteiger partial charge in [0, 0.05) is 19.3 Å². The maximum atomic E-state index is 12.8. The maximum Gasteiger partial charge on any atom is 0.306 e. The van der Waals surface area contributed by atoms with Gasteiger partial charge in [0.25, 0.3) is 0 Å². The van der Waals surface area contributed by atoms with Gasteiger partial charge >= 0.3 is 17.9 Å². The number of rotatable bonds is 53. The molecular weight excluding hydrogens is 841 g/mol. The van der Waals surface area contributed by atoms with E-state index >= 15 is 0 Å². The van der Waals surface area contributed by atoms with E-state index in [0.29, 0.717) is 19.3 Å². The molecule has 0 aliphatic heterocycles. The number of allylic oxidation sites excluding steroid dienone is 10. The van der Waals surface area contributed by atoms with Gasteiger partial charge in [-0.2, -0.15) is 0 Å². The molecule has 0 aromatic carbocycles. The second-order valence-corrected chi connectivity index (χ2v) is 19.5. The lowest BCUT2D eigenvalue weighted by Gasteiger charge is -2.18. The molecule has 0 aromatic heterocycles. The first kappa shape index (κ1) is 65.1. The van der Waals surface area contributed by atoms with Crippen LogP contribution in [0.1, 0.15) is 297 Å². The highest BCUT2D eigenvalue weighted by atomic mass is 16.6. The maximum absolute atomic E-state index is 12.8. The summed E-state index contributed by atoms with van der Waals surface area (Å²) in [6.45, 7) is 6.53. The third kappa shape index (κ3) is 54.1. The molecule has 0 bridgehead atoms. The number of esters is 3. The lowest BCUT2D eigenvalue weighted by atomic mass is 10.0. The Morgan fingerprint density at radius 1 is 0.309 bits per heavy atom. The van der Waals surface area contributed by atoms with Crippen LogP contribution in [0.3, 0.4) is 0 Å². The van der Waals surface area contributed by atoms with Crippen molar-refractivity contribution in [2.24, 2.45) is 0 Å². The van der Waals surface area contributed by atoms with Crippen LogP contribution in [-0.4, -0.2) is 37.2 Å². The Balaban J connectivity index is 4.35. The van der Waals surface area contributed by atoms with Gasteiger partial charge in [-0.1, -0.05) is 255 Å². The average molecular weight is 952 g/mol. The van der Waals surface area contributed by atoms with Crippen molar-refractivity contribution in [1.82, 2.24) is 0 Å². The van der Waals surface area contributed by atoms with E-state index in [1.807, 2.05) is 0 Å². The molecule has 0 amide bonds. The zero-order chi connectivity index (χ0) is 49.3. The van der Waals surface area contributed by atoms with Crippen LogP contribution in [-0.2, 0) is 28.6 Å². The molecule has 0 heterocycles. The minimum atomic E-state index is -0.783. The predicted octanol–water partition coefficient (Wildman–Crippen LogP) is 19.6. The Hall–Kier alpha value is -2.89. The number of unbranched alkanes of at least 4 members (excludes halogenated alkanes) is 32. The molecule has 0 fully saturated rings. The van der Waals surface area contributed by atoms with Crippen molar-refractivity contribution in [2.45, 2.75) is 303 Å². The van der Waals surface area contributed by atoms with E-state index in [9.17, 15) is 14.4 Å². The molecule has 0 aliphatic carbocycles. The standard InChI is InChI=1S/C62H110O6/c1-4-7-10-13-16-19-22-25-28-29-30-31-32-33-35-37-40-43-46-49-52-55-61(64)67-58-59(57-66-60(63)54-51-48-45-42-39-36-27-24-21-18-15-12-9-6-3)68-62(65)56-53-50-47-44-41-38-34-26-23-20-17-14-11-8-5-2/h8,11,17,20,22,25-26,29-30,34,59H,4-7,9-10,12-16,18-19,21,23-24,27-28,31-33,35-58H2,1-3H3/b11-8-,20-17-,25-22-,30-29-,34-26-. The van der Waals surface area contributed by atoms with Crippen LogP contribution in [0.4, 0.5) is 0 Å². The zero-order valence-electron chi connectivity index (χ0n) is 45.1. The largest absolute Gasteiger partial charge is 0.462 e. The van der Waals surface area contributed by atoms with Crippen molar-refractivity contribution in [2.75, 3.05) is 13.2 Å². The Morgan fingerprint density at radius 3 is 0.897 bits per heavy atom. The molecule has 0 rings (SSSR count). The van der Waals surface area contributed by atoms with Gasteiger partial charge in [0.15, 0.2) is 6.10 Å². The quantitative estimate of drug-likeness (QED) is 0.0262. The molecule has 1 unspecified atom stereocenters. The van der Waals surface area contributed by atoms with Crippen molar-refractivity contribution < 1.29 is 28.6 Å². The number of hydrogen-bond acceptors (Lipinski definition) is 6. The second-order valence-electron chi connectivity index (χ2n) is 19.5. The third-order valence-electron chi connectivity index (χ3n) is 12.8. The summed E-state index contributed by atoms with van der Waals surface area (Å²) in [5, 5.41) is 0. The second kappa shape index (κ2) is 56.7. The van der Waals surface area contributed by atoms with Crippen LogP contribution in [0.5, 0.6) is 0 Å². The molecule has 0 aromatic rings. The molecule has 0 saturated heterocycles. The number of hydrogen-bond donors (Lipinski definition) is 0. The van der Waals surface area contributed by atoms with Gasteiger partial charge in [0.1, 0.15) is 13.2 Å². The van der Waals surface area contributed by atoms with Gasteiger partial charge in [-0.3, -0.25) is 14.4 Å². The summed E-state index contributed by atoms with van der Waals surface area (Å²) in [7, 11) is 0. The van der Waals surface area contributed by atoms with E-state index in [4.69, 9.17) is 14.2 Å². The molecule has 0 radical (unpaired) electrons. The lowest BCUT2D eigenvalue weighted by molar-refractivity contribution is -0.167. The molecule has 394 valence electrons. The van der Waals surface area contributed by atoms with Crippen LogP contribution in [0.2, 0.25) is 0 Å². The third-order valence-corrected chi connectivity index (χ3v) is 12.8. The van der Waals surface area contributed by atoms with Gasteiger partial charge in [0.05, 0.1) is 0 Å². The van der Waals surface area contributed by atoms with Gasteiger partial charge in [-0.15, -0.1) is 0 Å². The predicted molar refractivity (Wildman–Crippen MR) is 293 cm³/mol. The Bertz CT molecular complexity index is 1230. The van der Waals surface area contributed by atoms with Crippen LogP contribution >= 0.6 is 0 Å². The summed E-state index contributed by atoms with van der Waals surface area (Å²) in [6, 6.07) is 0. The van der Waals surface area contributed by atoms with E-state index < -0.39 is 6.10 Å². The SMILES string of the molecule is CC/C=C\C/C=C\C/C=C\CCCCCCCC(=O)OC(COC(=O)CCCCCCCCCCC/C=C\C/C=C\CCCCCCC)COC(=O)CCCCCCCCCCCCCCCC. The fourth-order valence-corrected chi connectivity index (χ4v) is 8.37. The number of ether oxygens (including phenoxy) is 3.